The van der Waals surface area contributed by atoms with Crippen LogP contribution in [0.1, 0.15) is 28.5 Å². The van der Waals surface area contributed by atoms with Gasteiger partial charge in [0.15, 0.2) is 23.2 Å². The molecule has 9 nitrogen and oxygen atoms in total. The number of aliphatic hydroxyl groups excluding tert-OH is 2. The van der Waals surface area contributed by atoms with Crippen LogP contribution in [0.15, 0.2) is 61.2 Å². The van der Waals surface area contributed by atoms with Crippen molar-refractivity contribution in [2.24, 2.45) is 0 Å². The summed E-state index contributed by atoms with van der Waals surface area (Å²) in [5.41, 5.74) is -0.0504. The molecule has 0 aliphatic carbocycles. The van der Waals surface area contributed by atoms with Crippen molar-refractivity contribution in [1.29, 1.82) is 0 Å². The van der Waals surface area contributed by atoms with Gasteiger partial charge >= 0.3 is 12.4 Å². The Morgan fingerprint density at radius 1 is 0.829 bits per heavy atom. The van der Waals surface area contributed by atoms with Gasteiger partial charge in [-0.05, 0) is 35.4 Å². The van der Waals surface area contributed by atoms with E-state index in [1.807, 2.05) is 0 Å². The van der Waals surface area contributed by atoms with Crippen LogP contribution in [0.3, 0.4) is 0 Å². The molecule has 218 valence electrons. The van der Waals surface area contributed by atoms with Crippen LogP contribution in [0.5, 0.6) is 0 Å². The van der Waals surface area contributed by atoms with Crippen LogP contribution in [0.4, 0.5) is 32.2 Å². The molecule has 0 unspecified atom stereocenters. The zero-order chi connectivity index (χ0) is 29.4. The highest BCUT2D eigenvalue weighted by molar-refractivity contribution is 5.82. The topological polar surface area (TPSA) is 117 Å². The number of aliphatic hydroxyl groups is 2. The van der Waals surface area contributed by atoms with Gasteiger partial charge in [-0.3, -0.25) is 4.57 Å². The van der Waals surface area contributed by atoms with Gasteiger partial charge in [0.2, 0.25) is 0 Å². The highest BCUT2D eigenvalue weighted by Gasteiger charge is 2.44. The van der Waals surface area contributed by atoms with E-state index >= 15 is 0 Å². The number of hydrogen-bond donors (Lipinski definition) is 4. The van der Waals surface area contributed by atoms with Gasteiger partial charge in [0, 0.05) is 19.6 Å². The summed E-state index contributed by atoms with van der Waals surface area (Å²) in [6.07, 6.45) is -10.9. The third-order valence-electron chi connectivity index (χ3n) is 6.64. The third kappa shape index (κ3) is 6.27. The standard InChI is InChI=1S/C26H24F6N6O3/c27-25(28,29)16-6-4-14(5-7-16)9-33-11-18-20(39)21(40)24(41-18)38-13-37-19-22(35-12-36-23(19)38)34-10-15-2-1-3-17(8-15)26(30,31)32/h1-8,12-13,18,20-21,24,33,39-40H,9-11H2,(H,34,35,36)/t18-,20-,21-,24-/m1/s1. The van der Waals surface area contributed by atoms with Crippen molar-refractivity contribution in [3.05, 3.63) is 83.4 Å². The number of halogens is 6. The molecule has 0 amide bonds. The summed E-state index contributed by atoms with van der Waals surface area (Å²) in [7, 11) is 0. The zero-order valence-electron chi connectivity index (χ0n) is 21.1. The Balaban J connectivity index is 1.24. The maximum atomic E-state index is 13.0. The summed E-state index contributed by atoms with van der Waals surface area (Å²) in [6.45, 7) is 0.311. The number of nitrogens with one attached hydrogen (secondary N) is 2. The lowest BCUT2D eigenvalue weighted by Crippen LogP contribution is -2.37. The van der Waals surface area contributed by atoms with E-state index in [0.29, 0.717) is 11.1 Å². The van der Waals surface area contributed by atoms with Crippen molar-refractivity contribution in [1.82, 2.24) is 24.8 Å². The Labute approximate surface area is 228 Å². The third-order valence-corrected chi connectivity index (χ3v) is 6.64. The first-order valence-corrected chi connectivity index (χ1v) is 12.4. The largest absolute Gasteiger partial charge is 0.416 e. The van der Waals surface area contributed by atoms with Gasteiger partial charge in [0.05, 0.1) is 17.5 Å². The average Bonchev–Trinajstić information content (AvgIpc) is 3.48. The molecule has 1 aliphatic rings. The second-order valence-electron chi connectivity index (χ2n) is 9.47. The first-order valence-electron chi connectivity index (χ1n) is 12.4. The predicted molar refractivity (Wildman–Crippen MR) is 133 cm³/mol. The van der Waals surface area contributed by atoms with E-state index in [-0.39, 0.29) is 36.6 Å². The summed E-state index contributed by atoms with van der Waals surface area (Å²) in [6, 6.07) is 9.49. The van der Waals surface area contributed by atoms with E-state index in [0.717, 1.165) is 24.3 Å². The number of benzene rings is 2. The van der Waals surface area contributed by atoms with Gasteiger partial charge in [0.1, 0.15) is 24.6 Å². The molecule has 41 heavy (non-hydrogen) atoms. The minimum absolute atomic E-state index is 0.0246. The Kier molecular flexibility index (Phi) is 7.87. The first kappa shape index (κ1) is 28.7. The van der Waals surface area contributed by atoms with Gasteiger partial charge in [-0.25, -0.2) is 15.0 Å². The van der Waals surface area contributed by atoms with Crippen molar-refractivity contribution < 1.29 is 41.3 Å². The minimum Gasteiger partial charge on any atom is -0.387 e. The number of rotatable bonds is 8. The fourth-order valence-corrected chi connectivity index (χ4v) is 4.51. The number of anilines is 1. The number of fused-ring (bicyclic) bond motifs is 1. The molecule has 1 saturated heterocycles. The van der Waals surface area contributed by atoms with Crippen LogP contribution in [0, 0.1) is 0 Å². The molecule has 0 radical (unpaired) electrons. The molecule has 0 spiro atoms. The first-order chi connectivity index (χ1) is 19.4. The van der Waals surface area contributed by atoms with E-state index in [1.54, 1.807) is 0 Å². The van der Waals surface area contributed by atoms with E-state index in [2.05, 4.69) is 25.6 Å². The monoisotopic (exact) mass is 582 g/mol. The molecule has 1 fully saturated rings. The summed E-state index contributed by atoms with van der Waals surface area (Å²) in [4.78, 5) is 12.6. The zero-order valence-corrected chi connectivity index (χ0v) is 21.1. The maximum absolute atomic E-state index is 13.0. The predicted octanol–water partition coefficient (Wildman–Crippen LogP) is 3.89. The average molecular weight is 583 g/mol. The lowest BCUT2D eigenvalue weighted by Gasteiger charge is -2.17. The molecule has 5 rings (SSSR count). The number of hydrogen-bond acceptors (Lipinski definition) is 8. The van der Waals surface area contributed by atoms with Crippen LogP contribution < -0.4 is 10.6 Å². The second-order valence-corrected chi connectivity index (χ2v) is 9.47. The molecule has 4 atom stereocenters. The Morgan fingerprint density at radius 2 is 1.56 bits per heavy atom. The number of imidazole rings is 1. The van der Waals surface area contributed by atoms with Crippen molar-refractivity contribution >= 4 is 17.0 Å². The molecular weight excluding hydrogens is 558 g/mol. The Bertz CT molecular complexity index is 1490. The van der Waals surface area contributed by atoms with Crippen molar-refractivity contribution in [2.75, 3.05) is 11.9 Å². The van der Waals surface area contributed by atoms with Crippen LogP contribution in [-0.4, -0.2) is 54.6 Å². The van der Waals surface area contributed by atoms with Crippen LogP contribution >= 0.6 is 0 Å². The molecule has 3 heterocycles. The van der Waals surface area contributed by atoms with E-state index in [4.69, 9.17) is 4.74 Å². The molecule has 4 N–H and O–H groups in total. The lowest BCUT2D eigenvalue weighted by molar-refractivity contribution is -0.138. The fraction of sp³-hybridized carbons (Fsp3) is 0.346. The number of ether oxygens (including phenoxy) is 1. The highest BCUT2D eigenvalue weighted by Crippen LogP contribution is 2.33. The van der Waals surface area contributed by atoms with E-state index in [9.17, 15) is 36.6 Å². The van der Waals surface area contributed by atoms with Crippen LogP contribution in [0.25, 0.3) is 11.2 Å². The number of aromatic nitrogens is 4. The summed E-state index contributed by atoms with van der Waals surface area (Å²) in [5, 5.41) is 27.2. The summed E-state index contributed by atoms with van der Waals surface area (Å²) >= 11 is 0. The number of alkyl halides is 6. The van der Waals surface area contributed by atoms with E-state index in [1.165, 1.54) is 41.5 Å². The smallest absolute Gasteiger partial charge is 0.387 e. The molecular formula is C26H24F6N6O3. The van der Waals surface area contributed by atoms with Gasteiger partial charge in [-0.15, -0.1) is 0 Å². The van der Waals surface area contributed by atoms with Gasteiger partial charge in [-0.2, -0.15) is 26.3 Å². The molecule has 2 aromatic heterocycles. The molecule has 2 aromatic carbocycles. The van der Waals surface area contributed by atoms with Crippen molar-refractivity contribution in [3.8, 4) is 0 Å². The van der Waals surface area contributed by atoms with E-state index < -0.39 is 48.0 Å². The summed E-state index contributed by atoms with van der Waals surface area (Å²) < 4.78 is 84.6. The van der Waals surface area contributed by atoms with Gasteiger partial charge in [0.25, 0.3) is 0 Å². The van der Waals surface area contributed by atoms with Crippen molar-refractivity contribution in [3.63, 3.8) is 0 Å². The second kappa shape index (κ2) is 11.2. The molecule has 0 bridgehead atoms. The lowest BCUT2D eigenvalue weighted by atomic mass is 10.1. The van der Waals surface area contributed by atoms with Crippen LogP contribution in [0.2, 0.25) is 0 Å². The van der Waals surface area contributed by atoms with Crippen LogP contribution in [-0.2, 0) is 30.2 Å². The quantitative estimate of drug-likeness (QED) is 0.231. The maximum Gasteiger partial charge on any atom is 0.416 e. The molecule has 15 heteroatoms. The fourth-order valence-electron chi connectivity index (χ4n) is 4.51. The van der Waals surface area contributed by atoms with Gasteiger partial charge in [-0.1, -0.05) is 24.3 Å². The van der Waals surface area contributed by atoms with Gasteiger partial charge < -0.3 is 25.6 Å². The Morgan fingerprint density at radius 3 is 2.27 bits per heavy atom. The molecule has 0 saturated carbocycles. The molecule has 4 aromatic rings. The number of nitrogens with zero attached hydrogens (tertiary/aromatic N) is 4. The SMILES string of the molecule is O[C@@H]1[C@H](O)[C@@H](CNCc2ccc(C(F)(F)F)cc2)O[C@H]1n1cnc2c(NCc3cccc(C(F)(F)F)c3)ncnc21. The Hall–Kier alpha value is -3.79. The highest BCUT2D eigenvalue weighted by atomic mass is 19.4. The summed E-state index contributed by atoms with van der Waals surface area (Å²) in [5.74, 6) is 0.244. The minimum atomic E-state index is -4.47. The normalized spacial score (nSPS) is 21.5. The van der Waals surface area contributed by atoms with Crippen molar-refractivity contribution in [2.45, 2.75) is 50.0 Å². The molecule has 1 aliphatic heterocycles.